The van der Waals surface area contributed by atoms with E-state index < -0.39 is 0 Å². The first-order valence-electron chi connectivity index (χ1n) is 4.77. The lowest BCUT2D eigenvalue weighted by Crippen LogP contribution is -2.19. The molecule has 0 amide bonds. The van der Waals surface area contributed by atoms with Crippen LogP contribution in [0, 0.1) is 6.92 Å². The van der Waals surface area contributed by atoms with Gasteiger partial charge in [-0.25, -0.2) is 0 Å². The van der Waals surface area contributed by atoms with Crippen LogP contribution in [0.1, 0.15) is 37.8 Å². The topological polar surface area (TPSA) is 22.0 Å². The van der Waals surface area contributed by atoms with E-state index in [4.69, 9.17) is 0 Å². The summed E-state index contributed by atoms with van der Waals surface area (Å²) in [5, 5.41) is 0. The van der Waals surface area contributed by atoms with E-state index in [2.05, 4.69) is 13.8 Å². The van der Waals surface area contributed by atoms with Gasteiger partial charge in [-0.3, -0.25) is 4.79 Å². The molecule has 0 N–H and O–H groups in total. The van der Waals surface area contributed by atoms with Crippen molar-refractivity contribution in [2.75, 3.05) is 0 Å². The third-order valence-electron chi connectivity index (χ3n) is 2.34. The quantitative estimate of drug-likeness (QED) is 0.682. The molecule has 72 valence electrons. The molecular formula is C11H17NO. The zero-order chi connectivity index (χ0) is 10.0. The highest BCUT2D eigenvalue weighted by Crippen LogP contribution is 2.16. The first-order valence-corrected chi connectivity index (χ1v) is 4.77. The van der Waals surface area contributed by atoms with E-state index in [0.29, 0.717) is 5.92 Å². The molecule has 0 aliphatic carbocycles. The van der Waals surface area contributed by atoms with Gasteiger partial charge in [0.1, 0.15) is 0 Å². The van der Waals surface area contributed by atoms with Crippen LogP contribution in [0.25, 0.3) is 0 Å². The molecule has 0 aromatic carbocycles. The molecule has 0 spiro atoms. The van der Waals surface area contributed by atoms with Crippen molar-refractivity contribution in [3.8, 4) is 0 Å². The number of rotatable bonds is 2. The van der Waals surface area contributed by atoms with Gasteiger partial charge >= 0.3 is 0 Å². The lowest BCUT2D eigenvalue weighted by molar-refractivity contribution is 0.702. The number of aryl methyl sites for hydroxylation is 2. The molecule has 0 unspecified atom stereocenters. The highest BCUT2D eigenvalue weighted by Gasteiger charge is 2.05. The van der Waals surface area contributed by atoms with Gasteiger partial charge in [-0.2, -0.15) is 0 Å². The second kappa shape index (κ2) is 3.77. The van der Waals surface area contributed by atoms with E-state index in [1.54, 1.807) is 10.6 Å². The van der Waals surface area contributed by atoms with Crippen LogP contribution in [0.5, 0.6) is 0 Å². The summed E-state index contributed by atoms with van der Waals surface area (Å²) in [6.45, 7) is 9.02. The first-order chi connectivity index (χ1) is 6.06. The predicted molar refractivity (Wildman–Crippen MR) is 55.2 cm³/mol. The fraction of sp³-hybridized carbons (Fsp3) is 0.545. The summed E-state index contributed by atoms with van der Waals surface area (Å²) in [6.07, 6.45) is 1.97. The summed E-state index contributed by atoms with van der Waals surface area (Å²) in [5.74, 6) is 0.485. The standard InChI is InChI=1S/C11H17NO/c1-5-12-7-10(8(2)3)9(4)6-11(12)13/h6-8H,5H2,1-4H3. The molecule has 0 saturated carbocycles. The maximum Gasteiger partial charge on any atom is 0.250 e. The van der Waals surface area contributed by atoms with Gasteiger partial charge in [0.15, 0.2) is 0 Å². The number of hydrogen-bond donors (Lipinski definition) is 0. The van der Waals surface area contributed by atoms with Crippen molar-refractivity contribution < 1.29 is 0 Å². The van der Waals surface area contributed by atoms with Gasteiger partial charge in [-0.15, -0.1) is 0 Å². The Labute approximate surface area is 79.2 Å². The molecule has 1 heterocycles. The second-order valence-electron chi connectivity index (χ2n) is 3.69. The number of pyridine rings is 1. The fourth-order valence-electron chi connectivity index (χ4n) is 1.54. The van der Waals surface area contributed by atoms with Crippen LogP contribution in [-0.4, -0.2) is 4.57 Å². The molecule has 0 aliphatic heterocycles. The Balaban J connectivity index is 3.31. The number of aromatic nitrogens is 1. The Kier molecular flexibility index (Phi) is 2.91. The summed E-state index contributed by atoms with van der Waals surface area (Å²) in [7, 11) is 0. The van der Waals surface area contributed by atoms with E-state index in [9.17, 15) is 4.79 Å². The van der Waals surface area contributed by atoms with E-state index in [1.807, 2.05) is 20.0 Å². The van der Waals surface area contributed by atoms with Crippen molar-refractivity contribution in [2.45, 2.75) is 40.2 Å². The average molecular weight is 179 g/mol. The zero-order valence-corrected chi connectivity index (χ0v) is 8.79. The molecule has 0 fully saturated rings. The monoisotopic (exact) mass is 179 g/mol. The van der Waals surface area contributed by atoms with E-state index in [0.717, 1.165) is 12.1 Å². The van der Waals surface area contributed by atoms with E-state index >= 15 is 0 Å². The maximum absolute atomic E-state index is 11.4. The molecule has 0 aliphatic rings. The summed E-state index contributed by atoms with van der Waals surface area (Å²) in [4.78, 5) is 11.4. The predicted octanol–water partition coefficient (Wildman–Crippen LogP) is 2.30. The molecule has 0 radical (unpaired) electrons. The van der Waals surface area contributed by atoms with Crippen LogP contribution >= 0.6 is 0 Å². The Morgan fingerprint density at radius 3 is 2.54 bits per heavy atom. The minimum absolute atomic E-state index is 0.101. The minimum atomic E-state index is 0.101. The van der Waals surface area contributed by atoms with Crippen LogP contribution < -0.4 is 5.56 Å². The van der Waals surface area contributed by atoms with E-state index in [-0.39, 0.29) is 5.56 Å². The van der Waals surface area contributed by atoms with Crippen LogP contribution in [0.2, 0.25) is 0 Å². The lowest BCUT2D eigenvalue weighted by Gasteiger charge is -2.11. The molecule has 2 heteroatoms. The Hall–Kier alpha value is -1.05. The van der Waals surface area contributed by atoms with Crippen molar-refractivity contribution in [3.05, 3.63) is 33.7 Å². The third kappa shape index (κ3) is 2.00. The van der Waals surface area contributed by atoms with Crippen molar-refractivity contribution >= 4 is 0 Å². The smallest absolute Gasteiger partial charge is 0.250 e. The summed E-state index contributed by atoms with van der Waals surface area (Å²) in [5.41, 5.74) is 2.47. The van der Waals surface area contributed by atoms with Gasteiger partial charge < -0.3 is 4.57 Å². The zero-order valence-electron chi connectivity index (χ0n) is 8.79. The normalized spacial score (nSPS) is 10.8. The average Bonchev–Trinajstić information content (AvgIpc) is 2.03. The molecule has 13 heavy (non-hydrogen) atoms. The molecule has 1 aromatic heterocycles. The Morgan fingerprint density at radius 1 is 1.46 bits per heavy atom. The largest absolute Gasteiger partial charge is 0.316 e. The van der Waals surface area contributed by atoms with Gasteiger partial charge in [-0.05, 0) is 30.9 Å². The summed E-state index contributed by atoms with van der Waals surface area (Å²) >= 11 is 0. The minimum Gasteiger partial charge on any atom is -0.316 e. The van der Waals surface area contributed by atoms with E-state index in [1.165, 1.54) is 5.56 Å². The van der Waals surface area contributed by atoms with Gasteiger partial charge in [0.25, 0.3) is 5.56 Å². The Bertz CT molecular complexity index is 350. The van der Waals surface area contributed by atoms with Crippen LogP contribution in [0.3, 0.4) is 0 Å². The van der Waals surface area contributed by atoms with Gasteiger partial charge in [0.2, 0.25) is 0 Å². The van der Waals surface area contributed by atoms with Crippen molar-refractivity contribution in [1.29, 1.82) is 0 Å². The number of hydrogen-bond acceptors (Lipinski definition) is 1. The highest BCUT2D eigenvalue weighted by atomic mass is 16.1. The first kappa shape index (κ1) is 10.0. The third-order valence-corrected chi connectivity index (χ3v) is 2.34. The lowest BCUT2D eigenvalue weighted by atomic mass is 10.0. The second-order valence-corrected chi connectivity index (χ2v) is 3.69. The molecule has 1 rings (SSSR count). The van der Waals surface area contributed by atoms with Crippen LogP contribution in [0.4, 0.5) is 0 Å². The number of nitrogens with zero attached hydrogens (tertiary/aromatic N) is 1. The molecule has 2 nitrogen and oxygen atoms in total. The molecule has 0 atom stereocenters. The van der Waals surface area contributed by atoms with Crippen molar-refractivity contribution in [2.24, 2.45) is 0 Å². The maximum atomic E-state index is 11.4. The SMILES string of the molecule is CCn1cc(C(C)C)c(C)cc1=O. The van der Waals surface area contributed by atoms with Crippen LogP contribution in [0.15, 0.2) is 17.1 Å². The molecule has 1 aromatic rings. The Morgan fingerprint density at radius 2 is 2.08 bits per heavy atom. The summed E-state index contributed by atoms with van der Waals surface area (Å²) in [6, 6.07) is 1.72. The van der Waals surface area contributed by atoms with Gasteiger partial charge in [0, 0.05) is 18.8 Å². The highest BCUT2D eigenvalue weighted by molar-refractivity contribution is 5.25. The van der Waals surface area contributed by atoms with Crippen molar-refractivity contribution in [3.63, 3.8) is 0 Å². The van der Waals surface area contributed by atoms with Crippen molar-refractivity contribution in [1.82, 2.24) is 4.57 Å². The van der Waals surface area contributed by atoms with Gasteiger partial charge in [0.05, 0.1) is 0 Å². The molecular weight excluding hydrogens is 162 g/mol. The molecule has 0 saturated heterocycles. The molecule has 0 bridgehead atoms. The van der Waals surface area contributed by atoms with Gasteiger partial charge in [-0.1, -0.05) is 13.8 Å². The van der Waals surface area contributed by atoms with Crippen LogP contribution in [-0.2, 0) is 6.54 Å². The summed E-state index contributed by atoms with van der Waals surface area (Å²) < 4.78 is 1.75. The fourth-order valence-corrected chi connectivity index (χ4v) is 1.54.